The van der Waals surface area contributed by atoms with E-state index in [1.165, 1.54) is 11.1 Å². The van der Waals surface area contributed by atoms with Crippen molar-refractivity contribution in [1.29, 1.82) is 0 Å². The molecule has 0 heterocycles. The van der Waals surface area contributed by atoms with Crippen molar-refractivity contribution in [3.05, 3.63) is 35.4 Å². The van der Waals surface area contributed by atoms with Crippen molar-refractivity contribution in [2.24, 2.45) is 4.99 Å². The van der Waals surface area contributed by atoms with Crippen LogP contribution in [0.3, 0.4) is 0 Å². The number of ether oxygens (including phenoxy) is 1. The van der Waals surface area contributed by atoms with Crippen LogP contribution in [0.25, 0.3) is 0 Å². The summed E-state index contributed by atoms with van der Waals surface area (Å²) in [6.45, 7) is 6.56. The quantitative estimate of drug-likeness (QED) is 0.436. The summed E-state index contributed by atoms with van der Waals surface area (Å²) in [6, 6.07) is 8.90. The maximum absolute atomic E-state index is 5.14. The van der Waals surface area contributed by atoms with Crippen molar-refractivity contribution in [2.45, 2.75) is 32.2 Å². The van der Waals surface area contributed by atoms with Gasteiger partial charge in [-0.25, -0.2) is 0 Å². The molecule has 0 saturated carbocycles. The van der Waals surface area contributed by atoms with Gasteiger partial charge >= 0.3 is 0 Å². The normalized spacial score (nSPS) is 18.0. The Kier molecular flexibility index (Phi) is 8.03. The zero-order valence-corrected chi connectivity index (χ0v) is 15.4. The lowest BCUT2D eigenvalue weighted by Crippen LogP contribution is -2.44. The van der Waals surface area contributed by atoms with E-state index in [-0.39, 0.29) is 30.0 Å². The van der Waals surface area contributed by atoms with E-state index < -0.39 is 0 Å². The van der Waals surface area contributed by atoms with E-state index in [9.17, 15) is 0 Å². The molecule has 2 N–H and O–H groups in total. The Morgan fingerprint density at radius 1 is 1.43 bits per heavy atom. The minimum absolute atomic E-state index is 0. The van der Waals surface area contributed by atoms with Gasteiger partial charge in [-0.05, 0) is 31.4 Å². The van der Waals surface area contributed by atoms with E-state index in [2.05, 4.69) is 48.7 Å². The largest absolute Gasteiger partial charge is 0.383 e. The van der Waals surface area contributed by atoms with Gasteiger partial charge in [0, 0.05) is 32.2 Å². The second-order valence-corrected chi connectivity index (χ2v) is 5.32. The van der Waals surface area contributed by atoms with Crippen molar-refractivity contribution in [2.75, 3.05) is 26.8 Å². The third-order valence-electron chi connectivity index (χ3n) is 3.58. The number of methoxy groups -OCH3 is 1. The zero-order valence-electron chi connectivity index (χ0n) is 13.1. The molecular formula is C16H26IN3O. The maximum atomic E-state index is 5.14. The number of nitrogens with zero attached hydrogens (tertiary/aromatic N) is 1. The molecule has 0 spiro atoms. The summed E-state index contributed by atoms with van der Waals surface area (Å²) >= 11 is 0. The summed E-state index contributed by atoms with van der Waals surface area (Å²) in [5.74, 6) is 1.45. The molecule has 1 aliphatic carbocycles. The molecule has 0 radical (unpaired) electrons. The van der Waals surface area contributed by atoms with E-state index in [1.807, 2.05) is 0 Å². The number of fused-ring (bicyclic) bond motifs is 1. The summed E-state index contributed by atoms with van der Waals surface area (Å²) in [4.78, 5) is 4.70. The number of hydrogen-bond acceptors (Lipinski definition) is 2. The Labute approximate surface area is 144 Å². The van der Waals surface area contributed by atoms with Gasteiger partial charge in [0.1, 0.15) is 0 Å². The van der Waals surface area contributed by atoms with E-state index in [1.54, 1.807) is 7.11 Å². The first kappa shape index (κ1) is 18.2. The van der Waals surface area contributed by atoms with E-state index in [0.717, 1.165) is 25.5 Å². The standard InChI is InChI=1S/C16H25N3O.HI/c1-4-17-16(19-12(2)11-20-3)18-10-14-9-13-7-5-6-8-15(13)14;/h5-8,12,14H,4,9-11H2,1-3H3,(H2,17,18,19);1H. The molecule has 21 heavy (non-hydrogen) atoms. The zero-order chi connectivity index (χ0) is 14.4. The molecule has 1 aliphatic rings. The Morgan fingerprint density at radius 2 is 2.19 bits per heavy atom. The molecular weight excluding hydrogens is 377 g/mol. The predicted octanol–water partition coefficient (Wildman–Crippen LogP) is 2.53. The molecule has 2 rings (SSSR count). The Bertz CT molecular complexity index is 465. The highest BCUT2D eigenvalue weighted by molar-refractivity contribution is 14.0. The van der Waals surface area contributed by atoms with Crippen LogP contribution in [0.4, 0.5) is 0 Å². The first-order chi connectivity index (χ1) is 9.74. The van der Waals surface area contributed by atoms with Crippen LogP contribution >= 0.6 is 24.0 Å². The second-order valence-electron chi connectivity index (χ2n) is 5.32. The molecule has 1 aromatic rings. The summed E-state index contributed by atoms with van der Waals surface area (Å²) in [7, 11) is 1.72. The van der Waals surface area contributed by atoms with Gasteiger partial charge < -0.3 is 15.4 Å². The van der Waals surface area contributed by atoms with Crippen molar-refractivity contribution in [3.8, 4) is 0 Å². The van der Waals surface area contributed by atoms with Gasteiger partial charge in [-0.15, -0.1) is 24.0 Å². The summed E-state index contributed by atoms with van der Waals surface area (Å²) < 4.78 is 5.14. The molecule has 0 aliphatic heterocycles. The Balaban J connectivity index is 0.00000220. The molecule has 2 atom stereocenters. The van der Waals surface area contributed by atoms with Crippen LogP contribution in [0.15, 0.2) is 29.3 Å². The fourth-order valence-corrected chi connectivity index (χ4v) is 2.57. The number of benzene rings is 1. The SMILES string of the molecule is CCNC(=NCC1Cc2ccccc21)NC(C)COC.I. The predicted molar refractivity (Wildman–Crippen MR) is 98.8 cm³/mol. The number of hydrogen-bond donors (Lipinski definition) is 2. The number of halogens is 1. The number of nitrogens with one attached hydrogen (secondary N) is 2. The molecule has 0 bridgehead atoms. The summed E-state index contributed by atoms with van der Waals surface area (Å²) in [6.07, 6.45) is 1.15. The molecule has 0 fully saturated rings. The first-order valence-corrected chi connectivity index (χ1v) is 7.36. The monoisotopic (exact) mass is 403 g/mol. The van der Waals surface area contributed by atoms with Crippen LogP contribution in [0, 0.1) is 0 Å². The van der Waals surface area contributed by atoms with Gasteiger partial charge in [-0.1, -0.05) is 24.3 Å². The van der Waals surface area contributed by atoms with Gasteiger partial charge in [0.15, 0.2) is 5.96 Å². The molecule has 0 amide bonds. The highest BCUT2D eigenvalue weighted by Crippen LogP contribution is 2.34. The number of guanidine groups is 1. The second kappa shape index (κ2) is 9.25. The number of aliphatic imine (C=N–C) groups is 1. The Hall–Kier alpha value is -0.820. The average molecular weight is 403 g/mol. The van der Waals surface area contributed by atoms with Gasteiger partial charge in [0.2, 0.25) is 0 Å². The van der Waals surface area contributed by atoms with Gasteiger partial charge in [0.25, 0.3) is 0 Å². The van der Waals surface area contributed by atoms with Gasteiger partial charge in [-0.2, -0.15) is 0 Å². The third-order valence-corrected chi connectivity index (χ3v) is 3.58. The first-order valence-electron chi connectivity index (χ1n) is 7.36. The number of rotatable bonds is 6. The smallest absolute Gasteiger partial charge is 0.191 e. The fourth-order valence-electron chi connectivity index (χ4n) is 2.57. The molecule has 0 aromatic heterocycles. The van der Waals surface area contributed by atoms with E-state index in [0.29, 0.717) is 12.5 Å². The molecule has 0 saturated heterocycles. The van der Waals surface area contributed by atoms with Gasteiger partial charge in [0.05, 0.1) is 6.61 Å². The van der Waals surface area contributed by atoms with Crippen molar-refractivity contribution >= 4 is 29.9 Å². The van der Waals surface area contributed by atoms with Crippen molar-refractivity contribution in [3.63, 3.8) is 0 Å². The molecule has 5 heteroatoms. The van der Waals surface area contributed by atoms with Crippen LogP contribution in [0.1, 0.15) is 30.9 Å². The topological polar surface area (TPSA) is 45.7 Å². The van der Waals surface area contributed by atoms with Crippen molar-refractivity contribution in [1.82, 2.24) is 10.6 Å². The van der Waals surface area contributed by atoms with Crippen LogP contribution in [0.2, 0.25) is 0 Å². The average Bonchev–Trinajstić information content (AvgIpc) is 2.40. The lowest BCUT2D eigenvalue weighted by atomic mass is 9.78. The van der Waals surface area contributed by atoms with Gasteiger partial charge in [-0.3, -0.25) is 4.99 Å². The van der Waals surface area contributed by atoms with Crippen molar-refractivity contribution < 1.29 is 4.74 Å². The minimum Gasteiger partial charge on any atom is -0.383 e. The van der Waals surface area contributed by atoms with Crippen LogP contribution in [-0.4, -0.2) is 38.8 Å². The molecule has 4 nitrogen and oxygen atoms in total. The maximum Gasteiger partial charge on any atom is 0.191 e. The lowest BCUT2D eigenvalue weighted by Gasteiger charge is -2.29. The molecule has 118 valence electrons. The Morgan fingerprint density at radius 3 is 2.86 bits per heavy atom. The lowest BCUT2D eigenvalue weighted by molar-refractivity contribution is 0.179. The van der Waals surface area contributed by atoms with Crippen LogP contribution < -0.4 is 10.6 Å². The minimum atomic E-state index is 0. The summed E-state index contributed by atoms with van der Waals surface area (Å²) in [5, 5.41) is 6.64. The fraction of sp³-hybridized carbons (Fsp3) is 0.562. The third kappa shape index (κ3) is 5.14. The van der Waals surface area contributed by atoms with Crippen LogP contribution in [0.5, 0.6) is 0 Å². The highest BCUT2D eigenvalue weighted by Gasteiger charge is 2.24. The van der Waals surface area contributed by atoms with E-state index in [4.69, 9.17) is 9.73 Å². The summed E-state index contributed by atoms with van der Waals surface area (Å²) in [5.41, 5.74) is 2.93. The molecule has 1 aromatic carbocycles. The van der Waals surface area contributed by atoms with E-state index >= 15 is 0 Å². The highest BCUT2D eigenvalue weighted by atomic mass is 127. The van der Waals surface area contributed by atoms with Crippen LogP contribution in [-0.2, 0) is 11.2 Å². The molecule has 2 unspecified atom stereocenters.